The average molecular weight is 185 g/mol. The summed E-state index contributed by atoms with van der Waals surface area (Å²) in [6.45, 7) is 1.66. The number of halogens is 1. The molecular weight excluding hydrogens is 165 g/mol. The van der Waals surface area contributed by atoms with Crippen molar-refractivity contribution in [3.63, 3.8) is 0 Å². The predicted octanol–water partition coefficient (Wildman–Crippen LogP) is 2.61. The van der Waals surface area contributed by atoms with Crippen LogP contribution in [0.1, 0.15) is 38.5 Å². The molecule has 1 aliphatic heterocycles. The topological polar surface area (TPSA) is 3.24 Å². The van der Waals surface area contributed by atoms with Gasteiger partial charge in [-0.15, -0.1) is 0 Å². The number of hydrogen-bond acceptors (Lipinski definition) is 1. The smallest absolute Gasteiger partial charge is 0.102 e. The standard InChI is InChI=1S/C11H20FN/c12-7-9-13-8-3-5-10-4-1-2-6-11(10)13/h10-11H,1-9H2. The van der Waals surface area contributed by atoms with Crippen molar-refractivity contribution in [2.45, 2.75) is 44.6 Å². The van der Waals surface area contributed by atoms with Crippen LogP contribution in [-0.2, 0) is 0 Å². The van der Waals surface area contributed by atoms with E-state index < -0.39 is 0 Å². The third-order valence-electron chi connectivity index (χ3n) is 3.73. The molecule has 2 aliphatic rings. The highest BCUT2D eigenvalue weighted by atomic mass is 19.1. The van der Waals surface area contributed by atoms with E-state index >= 15 is 0 Å². The van der Waals surface area contributed by atoms with Gasteiger partial charge in [0.2, 0.25) is 0 Å². The molecule has 2 heteroatoms. The summed E-state index contributed by atoms with van der Waals surface area (Å²) in [5.41, 5.74) is 0. The number of piperidine rings is 1. The molecular formula is C11H20FN. The van der Waals surface area contributed by atoms with E-state index in [2.05, 4.69) is 4.90 Å². The summed E-state index contributed by atoms with van der Waals surface area (Å²) in [4.78, 5) is 2.40. The van der Waals surface area contributed by atoms with Gasteiger partial charge in [0.25, 0.3) is 0 Å². The first-order valence-electron chi connectivity index (χ1n) is 5.72. The zero-order chi connectivity index (χ0) is 9.10. The van der Waals surface area contributed by atoms with Gasteiger partial charge >= 0.3 is 0 Å². The molecule has 2 rings (SSSR count). The van der Waals surface area contributed by atoms with Gasteiger partial charge < -0.3 is 0 Å². The van der Waals surface area contributed by atoms with E-state index in [9.17, 15) is 4.39 Å². The molecule has 0 bridgehead atoms. The number of rotatable bonds is 2. The van der Waals surface area contributed by atoms with E-state index in [1.807, 2.05) is 0 Å². The van der Waals surface area contributed by atoms with Crippen molar-refractivity contribution >= 4 is 0 Å². The first-order valence-corrected chi connectivity index (χ1v) is 5.72. The van der Waals surface area contributed by atoms with E-state index in [1.165, 1.54) is 38.5 Å². The third kappa shape index (κ3) is 2.04. The van der Waals surface area contributed by atoms with Crippen LogP contribution in [-0.4, -0.2) is 30.7 Å². The Morgan fingerprint density at radius 1 is 1.08 bits per heavy atom. The van der Waals surface area contributed by atoms with Crippen molar-refractivity contribution in [1.29, 1.82) is 0 Å². The number of alkyl halides is 1. The molecule has 1 nitrogen and oxygen atoms in total. The number of fused-ring (bicyclic) bond motifs is 1. The first-order chi connectivity index (χ1) is 6.42. The molecule has 0 amide bonds. The molecule has 2 unspecified atom stereocenters. The minimum absolute atomic E-state index is 0.163. The van der Waals surface area contributed by atoms with E-state index in [1.54, 1.807) is 0 Å². The van der Waals surface area contributed by atoms with Gasteiger partial charge in [0.15, 0.2) is 0 Å². The normalized spacial score (nSPS) is 35.8. The lowest BCUT2D eigenvalue weighted by Crippen LogP contribution is -2.47. The van der Waals surface area contributed by atoms with Gasteiger partial charge in [-0.3, -0.25) is 4.90 Å². The highest BCUT2D eigenvalue weighted by molar-refractivity contribution is 4.86. The Labute approximate surface area is 80.3 Å². The lowest BCUT2D eigenvalue weighted by atomic mass is 9.78. The fourth-order valence-corrected chi connectivity index (χ4v) is 3.11. The van der Waals surface area contributed by atoms with Gasteiger partial charge in [0.05, 0.1) is 0 Å². The third-order valence-corrected chi connectivity index (χ3v) is 3.73. The van der Waals surface area contributed by atoms with Crippen molar-refractivity contribution < 1.29 is 4.39 Å². The zero-order valence-corrected chi connectivity index (χ0v) is 8.34. The second-order valence-electron chi connectivity index (χ2n) is 4.48. The summed E-state index contributed by atoms with van der Waals surface area (Å²) in [6.07, 6.45) is 8.18. The van der Waals surface area contributed by atoms with Gasteiger partial charge in [0.1, 0.15) is 6.67 Å². The molecule has 0 N–H and O–H groups in total. The van der Waals surface area contributed by atoms with E-state index in [4.69, 9.17) is 0 Å². The van der Waals surface area contributed by atoms with E-state index in [0.29, 0.717) is 6.54 Å². The summed E-state index contributed by atoms with van der Waals surface area (Å²) in [6, 6.07) is 0.734. The Bertz CT molecular complexity index is 156. The molecule has 2 fully saturated rings. The summed E-state index contributed by atoms with van der Waals surface area (Å²) in [5.74, 6) is 0.897. The molecule has 76 valence electrons. The SMILES string of the molecule is FCCN1CCCC2CCCCC21. The van der Waals surface area contributed by atoms with Crippen molar-refractivity contribution in [1.82, 2.24) is 4.90 Å². The summed E-state index contributed by atoms with van der Waals surface area (Å²) >= 11 is 0. The summed E-state index contributed by atoms with van der Waals surface area (Å²) in [7, 11) is 0. The lowest BCUT2D eigenvalue weighted by Gasteiger charge is -2.43. The molecule has 2 atom stereocenters. The zero-order valence-electron chi connectivity index (χ0n) is 8.34. The maximum atomic E-state index is 12.3. The molecule has 0 aromatic rings. The van der Waals surface area contributed by atoms with Gasteiger partial charge in [-0.05, 0) is 38.1 Å². The van der Waals surface area contributed by atoms with Crippen LogP contribution in [0.4, 0.5) is 4.39 Å². The Morgan fingerprint density at radius 3 is 2.69 bits per heavy atom. The highest BCUT2D eigenvalue weighted by Gasteiger charge is 2.32. The van der Waals surface area contributed by atoms with Crippen LogP contribution in [0.2, 0.25) is 0 Å². The second-order valence-corrected chi connectivity index (χ2v) is 4.48. The molecule has 1 saturated heterocycles. The first kappa shape index (κ1) is 9.45. The van der Waals surface area contributed by atoms with Crippen molar-refractivity contribution in [3.8, 4) is 0 Å². The maximum Gasteiger partial charge on any atom is 0.102 e. The van der Waals surface area contributed by atoms with Crippen molar-refractivity contribution in [2.24, 2.45) is 5.92 Å². The number of hydrogen-bond donors (Lipinski definition) is 0. The molecule has 1 aliphatic carbocycles. The lowest BCUT2D eigenvalue weighted by molar-refractivity contribution is 0.0562. The Hall–Kier alpha value is -0.110. The maximum absolute atomic E-state index is 12.3. The van der Waals surface area contributed by atoms with Gasteiger partial charge in [0, 0.05) is 12.6 Å². The van der Waals surface area contributed by atoms with Gasteiger partial charge in [-0.2, -0.15) is 0 Å². The molecule has 0 aromatic carbocycles. The van der Waals surface area contributed by atoms with Crippen LogP contribution in [0.15, 0.2) is 0 Å². The van der Waals surface area contributed by atoms with Crippen LogP contribution < -0.4 is 0 Å². The molecule has 0 spiro atoms. The minimum atomic E-state index is -0.163. The fourth-order valence-electron chi connectivity index (χ4n) is 3.11. The van der Waals surface area contributed by atoms with Crippen LogP contribution in [0.5, 0.6) is 0 Å². The van der Waals surface area contributed by atoms with Crippen LogP contribution in [0, 0.1) is 5.92 Å². The summed E-state index contributed by atoms with van der Waals surface area (Å²) < 4.78 is 12.3. The monoisotopic (exact) mass is 185 g/mol. The molecule has 0 aromatic heterocycles. The Balaban J connectivity index is 1.94. The molecule has 13 heavy (non-hydrogen) atoms. The Morgan fingerprint density at radius 2 is 1.85 bits per heavy atom. The highest BCUT2D eigenvalue weighted by Crippen LogP contribution is 2.34. The van der Waals surface area contributed by atoms with Crippen molar-refractivity contribution in [3.05, 3.63) is 0 Å². The van der Waals surface area contributed by atoms with Crippen LogP contribution >= 0.6 is 0 Å². The van der Waals surface area contributed by atoms with Crippen LogP contribution in [0.3, 0.4) is 0 Å². The summed E-state index contributed by atoms with van der Waals surface area (Å²) in [5, 5.41) is 0. The van der Waals surface area contributed by atoms with Crippen molar-refractivity contribution in [2.75, 3.05) is 19.8 Å². The van der Waals surface area contributed by atoms with Gasteiger partial charge in [-0.25, -0.2) is 4.39 Å². The fraction of sp³-hybridized carbons (Fsp3) is 1.00. The molecule has 0 radical (unpaired) electrons. The quantitative estimate of drug-likeness (QED) is 0.639. The average Bonchev–Trinajstić information content (AvgIpc) is 2.19. The number of likely N-dealkylation sites (tertiary alicyclic amines) is 1. The van der Waals surface area contributed by atoms with E-state index in [0.717, 1.165) is 18.5 Å². The van der Waals surface area contributed by atoms with Crippen LogP contribution in [0.25, 0.3) is 0 Å². The molecule has 1 heterocycles. The second kappa shape index (κ2) is 4.41. The molecule has 1 saturated carbocycles. The predicted molar refractivity (Wildman–Crippen MR) is 52.5 cm³/mol. The van der Waals surface area contributed by atoms with Gasteiger partial charge in [-0.1, -0.05) is 12.8 Å². The Kier molecular flexibility index (Phi) is 3.20. The minimum Gasteiger partial charge on any atom is -0.298 e. The van der Waals surface area contributed by atoms with E-state index in [-0.39, 0.29) is 6.67 Å². The largest absolute Gasteiger partial charge is 0.298 e. The number of nitrogens with zero attached hydrogens (tertiary/aromatic N) is 1.